The fourth-order valence-corrected chi connectivity index (χ4v) is 12.8. The van der Waals surface area contributed by atoms with Gasteiger partial charge < -0.3 is 50.0 Å². The van der Waals surface area contributed by atoms with Crippen LogP contribution in [0, 0.1) is 25.5 Å². The molecule has 10 aromatic rings. The van der Waals surface area contributed by atoms with Crippen LogP contribution in [0.3, 0.4) is 0 Å². The SMILES string of the molecule is C1CCOC1.COC(=O)[C@H](Cc1ccc(-n2c(=O)c3ncccc3n(C)c2=O)c2ncccc12)NC(=O)c1c(C)cc(N2CCOC[C@@H]2C(F)(F)F)cc1F.Cc1cc(N2CCOC[C@@H]2C(F)(F)F)cc(F)c1C(=O)N[C@@H](Cc1ccc(-n2c(=O)c3ncccc3n(C)c2=O)c2ncccc12)C(=O)O.[Li+].[OH-]. The number of carbonyl (C=O) groups excluding carboxylic acids is 3. The number of rotatable bonds is 14. The molecule has 13 rings (SSSR count). The Labute approximate surface area is 607 Å². The standard InChI is InChI=1S/C34H30F4N6O6.C33H28F4N6O6.C4H8O.Li.H2O/c1-18-14-20(43-12-13-50-17-26(43)34(36,37)38)16-22(35)27(18)30(45)41-23(32(47)49-3)15-19-8-9-25(28-21(19)6-4-10-39-28)44-31(46)29-24(7-5-11-40-29)42(2)33(44)48;1-17-13-19(42-11-12-49-16-25(42)33(35,36)37)15-21(34)26(17)29(44)40-22(31(46)47)14-18-7-8-24(27-20(18)5-3-9-38-27)43-30(45)28-23(6-4-10-39-28)41(2)32(43)48;1-2-4-5-3-1;;/h4-11,14,16,23,26H,12-13,15,17H2,1-3H3,(H,41,45);3-10,13,15,22,25H,11-12,14,16H2,1-2H3,(H,40,44)(H,46,47);1-4H2;;1H2/q;;;+1;/p-1/t23-,26+;22-,25+;;;/m00.../s1. The van der Waals surface area contributed by atoms with Crippen LogP contribution in [0.25, 0.3) is 55.2 Å². The number of benzene rings is 4. The van der Waals surface area contributed by atoms with Crippen LogP contribution in [0.2, 0.25) is 0 Å². The first-order chi connectivity index (χ1) is 49.6. The molecule has 3 aliphatic heterocycles. The number of alkyl halides is 6. The Balaban J connectivity index is 0.000000226. The first kappa shape index (κ1) is 79.4. The van der Waals surface area contributed by atoms with Crippen molar-refractivity contribution in [3.8, 4) is 11.4 Å². The van der Waals surface area contributed by atoms with Crippen molar-refractivity contribution >= 4 is 79.0 Å². The molecule has 0 aliphatic carbocycles. The van der Waals surface area contributed by atoms with Gasteiger partial charge in [0.05, 0.1) is 78.1 Å². The van der Waals surface area contributed by atoms with Crippen molar-refractivity contribution in [2.24, 2.45) is 14.1 Å². The maximum Gasteiger partial charge on any atom is 1.00 e. The smallest absolute Gasteiger partial charge is 0.870 e. The van der Waals surface area contributed by atoms with Crippen LogP contribution in [-0.4, -0.2) is 169 Å². The molecule has 6 aromatic heterocycles. The molecule has 0 spiro atoms. The molecule has 3 fully saturated rings. The van der Waals surface area contributed by atoms with E-state index in [-0.39, 0.29) is 119 Å². The van der Waals surface area contributed by atoms with E-state index < -0.39 is 119 Å². The van der Waals surface area contributed by atoms with E-state index >= 15 is 8.78 Å². The van der Waals surface area contributed by atoms with E-state index in [1.807, 2.05) is 0 Å². The third-order valence-electron chi connectivity index (χ3n) is 18.0. The molecule has 0 unspecified atom stereocenters. The molecule has 0 bridgehead atoms. The minimum absolute atomic E-state index is 0. The molecule has 3 saturated heterocycles. The van der Waals surface area contributed by atoms with Crippen molar-refractivity contribution in [3.05, 3.63) is 209 Å². The summed E-state index contributed by atoms with van der Waals surface area (Å²) < 4.78 is 137. The Hall–Kier alpha value is -10.8. The summed E-state index contributed by atoms with van der Waals surface area (Å²) in [5, 5.41) is 15.7. The van der Waals surface area contributed by atoms with Gasteiger partial charge in [-0.25, -0.2) is 47.1 Å². The number of carboxylic acid groups (broad SMARTS) is 1. The quantitative estimate of drug-likeness (QED) is 0.0778. The van der Waals surface area contributed by atoms with Gasteiger partial charge in [-0.1, -0.05) is 24.3 Å². The summed E-state index contributed by atoms with van der Waals surface area (Å²) in [5.41, 5.74) is -1.38. The van der Waals surface area contributed by atoms with E-state index in [1.165, 1.54) is 105 Å². The number of halogens is 8. The van der Waals surface area contributed by atoms with Gasteiger partial charge in [-0.05, 0) is 122 Å². The molecule has 552 valence electrons. The van der Waals surface area contributed by atoms with Gasteiger partial charge in [0.25, 0.3) is 22.9 Å². The van der Waals surface area contributed by atoms with Crippen LogP contribution in [0.1, 0.15) is 55.8 Å². The maximum atomic E-state index is 15.5. The third-order valence-corrected chi connectivity index (χ3v) is 18.0. The summed E-state index contributed by atoms with van der Waals surface area (Å²) in [7, 11) is 4.11. The topological polar surface area (TPSA) is 326 Å². The van der Waals surface area contributed by atoms with Gasteiger partial charge in [0, 0.05) is 100 Å². The molecule has 26 nitrogen and oxygen atoms in total. The molecule has 3 aliphatic rings. The van der Waals surface area contributed by atoms with Crippen LogP contribution < -0.4 is 61.8 Å². The number of anilines is 2. The Morgan fingerprint density at radius 1 is 0.566 bits per heavy atom. The summed E-state index contributed by atoms with van der Waals surface area (Å²) in [5.74, 6) is -6.59. The van der Waals surface area contributed by atoms with Gasteiger partial charge >= 0.3 is 54.5 Å². The number of hydrogen-bond acceptors (Lipinski definition) is 19. The second-order valence-electron chi connectivity index (χ2n) is 24.5. The van der Waals surface area contributed by atoms with Crippen molar-refractivity contribution in [2.45, 2.75) is 76.1 Å². The zero-order valence-electron chi connectivity index (χ0n) is 57.6. The van der Waals surface area contributed by atoms with E-state index in [9.17, 15) is 69.8 Å². The van der Waals surface area contributed by atoms with Crippen molar-refractivity contribution in [1.29, 1.82) is 0 Å². The minimum atomic E-state index is -4.65. The average molecular weight is 1470 g/mol. The number of carboxylic acids is 1. The third kappa shape index (κ3) is 16.4. The second kappa shape index (κ2) is 33.1. The molecule has 106 heavy (non-hydrogen) atoms. The van der Waals surface area contributed by atoms with Crippen LogP contribution >= 0.6 is 0 Å². The molecule has 35 heteroatoms. The summed E-state index contributed by atoms with van der Waals surface area (Å²) in [6, 6.07) is 16.1. The number of aliphatic carboxylic acids is 1. The van der Waals surface area contributed by atoms with Crippen LogP contribution in [-0.2, 0) is 55.5 Å². The summed E-state index contributed by atoms with van der Waals surface area (Å²) in [6.45, 7) is 3.18. The second-order valence-corrected chi connectivity index (χ2v) is 24.5. The predicted octanol–water partition coefficient (Wildman–Crippen LogP) is 4.26. The van der Waals surface area contributed by atoms with E-state index in [1.54, 1.807) is 54.6 Å². The molecular weight excluding hydrogens is 1400 g/mol. The monoisotopic (exact) mass is 1470 g/mol. The summed E-state index contributed by atoms with van der Waals surface area (Å²) in [6.07, 6.45) is -1.45. The first-order valence-electron chi connectivity index (χ1n) is 32.4. The molecule has 0 radical (unpaired) electrons. The molecule has 4 atom stereocenters. The summed E-state index contributed by atoms with van der Waals surface area (Å²) in [4.78, 5) is 125. The fourth-order valence-electron chi connectivity index (χ4n) is 12.8. The van der Waals surface area contributed by atoms with Crippen molar-refractivity contribution in [3.63, 3.8) is 0 Å². The maximum absolute atomic E-state index is 15.5. The van der Waals surface area contributed by atoms with E-state index in [4.69, 9.17) is 18.9 Å². The largest absolute Gasteiger partial charge is 1.00 e. The normalized spacial score (nSPS) is 15.8. The van der Waals surface area contributed by atoms with Crippen molar-refractivity contribution in [2.75, 3.05) is 69.6 Å². The molecule has 0 saturated carbocycles. The van der Waals surface area contributed by atoms with Crippen LogP contribution in [0.15, 0.2) is 141 Å². The number of aryl methyl sites for hydroxylation is 4. The zero-order chi connectivity index (χ0) is 74.6. The van der Waals surface area contributed by atoms with Crippen LogP contribution in [0.4, 0.5) is 46.5 Å². The van der Waals surface area contributed by atoms with E-state index in [0.717, 1.165) is 51.4 Å². The number of amides is 2. The zero-order valence-corrected chi connectivity index (χ0v) is 57.6. The van der Waals surface area contributed by atoms with E-state index in [2.05, 4.69) is 30.6 Å². The Bertz CT molecular complexity index is 5210. The van der Waals surface area contributed by atoms with E-state index in [0.29, 0.717) is 32.9 Å². The van der Waals surface area contributed by atoms with Gasteiger partial charge in [0.2, 0.25) is 0 Å². The average Bonchev–Trinajstić information content (AvgIpc) is 0.812. The van der Waals surface area contributed by atoms with Gasteiger partial charge in [0.1, 0.15) is 35.8 Å². The molecule has 2 amide bonds. The number of morpholine rings is 2. The van der Waals surface area contributed by atoms with Gasteiger partial charge in [-0.3, -0.25) is 38.3 Å². The Kier molecular flexibility index (Phi) is 24.8. The number of pyridine rings is 4. The number of fused-ring (bicyclic) bond motifs is 4. The minimum Gasteiger partial charge on any atom is -0.870 e. The van der Waals surface area contributed by atoms with Crippen molar-refractivity contribution < 1.29 is 103 Å². The number of aromatic nitrogens is 8. The Morgan fingerprint density at radius 2 is 0.953 bits per heavy atom. The molecular formula is C71H67F8LiN12O14. The fraction of sp³-hybridized carbons (Fsp3) is 0.324. The number of ether oxygens (including phenoxy) is 4. The van der Waals surface area contributed by atoms with Gasteiger partial charge in [-0.15, -0.1) is 0 Å². The molecule has 4 aromatic carbocycles. The number of hydrogen-bond donors (Lipinski definition) is 3. The predicted molar refractivity (Wildman–Crippen MR) is 366 cm³/mol. The van der Waals surface area contributed by atoms with Crippen LogP contribution in [0.5, 0.6) is 0 Å². The first-order valence-corrected chi connectivity index (χ1v) is 32.4. The summed E-state index contributed by atoms with van der Waals surface area (Å²) >= 11 is 0. The number of esters is 1. The van der Waals surface area contributed by atoms with Gasteiger partial charge in [-0.2, -0.15) is 26.3 Å². The number of nitrogens with one attached hydrogen (secondary N) is 2. The number of methoxy groups -OCH3 is 1. The molecule has 9 heterocycles. The number of carbonyl (C=O) groups is 4. The number of nitrogens with zero attached hydrogens (tertiary/aromatic N) is 10. The van der Waals surface area contributed by atoms with Gasteiger partial charge in [0.15, 0.2) is 11.0 Å². The Morgan fingerprint density at radius 3 is 1.32 bits per heavy atom. The molecule has 4 N–H and O–H groups in total. The van der Waals surface area contributed by atoms with Crippen molar-refractivity contribution in [1.82, 2.24) is 48.8 Å².